The van der Waals surface area contributed by atoms with Crippen molar-refractivity contribution < 1.29 is 4.79 Å². The Kier molecular flexibility index (Phi) is 4.78. The van der Waals surface area contributed by atoms with Gasteiger partial charge in [-0.2, -0.15) is 0 Å². The number of amides is 1. The predicted octanol–water partition coefficient (Wildman–Crippen LogP) is 2.02. The van der Waals surface area contributed by atoms with E-state index >= 15 is 0 Å². The summed E-state index contributed by atoms with van der Waals surface area (Å²) in [6.45, 7) is 11.0. The van der Waals surface area contributed by atoms with Gasteiger partial charge in [0.25, 0.3) is 0 Å². The molecule has 0 atom stereocenters. The van der Waals surface area contributed by atoms with Crippen LogP contribution in [0.3, 0.4) is 0 Å². The van der Waals surface area contributed by atoms with E-state index in [1.165, 1.54) is 19.3 Å². The molecule has 0 spiro atoms. The summed E-state index contributed by atoms with van der Waals surface area (Å²) in [5, 5.41) is 3.19. The zero-order valence-electron chi connectivity index (χ0n) is 11.2. The molecule has 1 rings (SSSR count). The van der Waals surface area contributed by atoms with Gasteiger partial charge in [0.1, 0.15) is 0 Å². The average Bonchev–Trinajstić information content (AvgIpc) is 2.71. The van der Waals surface area contributed by atoms with Crippen molar-refractivity contribution in [1.82, 2.24) is 10.2 Å². The third kappa shape index (κ3) is 3.21. The lowest BCUT2D eigenvalue weighted by molar-refractivity contribution is -0.129. The van der Waals surface area contributed by atoms with Gasteiger partial charge in [-0.3, -0.25) is 4.79 Å². The van der Waals surface area contributed by atoms with Gasteiger partial charge >= 0.3 is 0 Å². The van der Waals surface area contributed by atoms with Crippen LogP contribution in [0.1, 0.15) is 47.0 Å². The second-order valence-corrected chi connectivity index (χ2v) is 5.31. The maximum Gasteiger partial charge on any atom is 0.236 e. The van der Waals surface area contributed by atoms with Crippen LogP contribution >= 0.6 is 0 Å². The largest absolute Gasteiger partial charge is 0.341 e. The van der Waals surface area contributed by atoms with Crippen molar-refractivity contribution in [2.75, 3.05) is 19.6 Å². The Bertz CT molecular complexity index is 234. The summed E-state index contributed by atoms with van der Waals surface area (Å²) in [7, 11) is 0. The Labute approximate surface area is 99.6 Å². The summed E-state index contributed by atoms with van der Waals surface area (Å²) in [4.78, 5) is 14.0. The SMILES string of the molecule is CCC1(CC)CCN(C(=O)CNC(C)C)C1. The molecule has 3 nitrogen and oxygen atoms in total. The fourth-order valence-electron chi connectivity index (χ4n) is 2.38. The highest BCUT2D eigenvalue weighted by molar-refractivity contribution is 5.78. The molecule has 0 unspecified atom stereocenters. The van der Waals surface area contributed by atoms with Gasteiger partial charge in [-0.15, -0.1) is 0 Å². The second-order valence-electron chi connectivity index (χ2n) is 5.31. The smallest absolute Gasteiger partial charge is 0.236 e. The van der Waals surface area contributed by atoms with Crippen molar-refractivity contribution in [2.24, 2.45) is 5.41 Å². The fraction of sp³-hybridized carbons (Fsp3) is 0.923. The minimum Gasteiger partial charge on any atom is -0.341 e. The van der Waals surface area contributed by atoms with E-state index in [2.05, 4.69) is 33.0 Å². The molecule has 94 valence electrons. The Morgan fingerprint density at radius 2 is 2.00 bits per heavy atom. The number of carbonyl (C=O) groups excluding carboxylic acids is 1. The summed E-state index contributed by atoms with van der Waals surface area (Å²) in [6, 6.07) is 0.383. The molecule has 0 bridgehead atoms. The number of hydrogen-bond donors (Lipinski definition) is 1. The standard InChI is InChI=1S/C13H26N2O/c1-5-13(6-2)7-8-15(10-13)12(16)9-14-11(3)4/h11,14H,5-10H2,1-4H3. The van der Waals surface area contributed by atoms with Gasteiger partial charge in [-0.25, -0.2) is 0 Å². The van der Waals surface area contributed by atoms with E-state index in [0.717, 1.165) is 13.1 Å². The van der Waals surface area contributed by atoms with E-state index in [9.17, 15) is 4.79 Å². The van der Waals surface area contributed by atoms with Crippen molar-refractivity contribution in [3.05, 3.63) is 0 Å². The highest BCUT2D eigenvalue weighted by Crippen LogP contribution is 2.36. The van der Waals surface area contributed by atoms with Gasteiger partial charge < -0.3 is 10.2 Å². The maximum absolute atomic E-state index is 11.9. The second kappa shape index (κ2) is 5.67. The quantitative estimate of drug-likeness (QED) is 0.778. The molecule has 1 amide bonds. The average molecular weight is 226 g/mol. The monoisotopic (exact) mass is 226 g/mol. The first-order chi connectivity index (χ1) is 7.53. The Morgan fingerprint density at radius 1 is 1.38 bits per heavy atom. The highest BCUT2D eigenvalue weighted by atomic mass is 16.2. The first-order valence-corrected chi connectivity index (χ1v) is 6.54. The lowest BCUT2D eigenvalue weighted by Gasteiger charge is -2.26. The van der Waals surface area contributed by atoms with Crippen LogP contribution in [0.4, 0.5) is 0 Å². The fourth-order valence-corrected chi connectivity index (χ4v) is 2.38. The number of rotatable bonds is 5. The van der Waals surface area contributed by atoms with E-state index in [1.807, 2.05) is 4.90 Å². The maximum atomic E-state index is 11.9. The number of nitrogens with one attached hydrogen (secondary N) is 1. The molecule has 1 fully saturated rings. The number of nitrogens with zero attached hydrogens (tertiary/aromatic N) is 1. The Hall–Kier alpha value is -0.570. The minimum atomic E-state index is 0.262. The molecule has 1 aliphatic heterocycles. The van der Waals surface area contributed by atoms with E-state index in [-0.39, 0.29) is 5.91 Å². The summed E-state index contributed by atoms with van der Waals surface area (Å²) in [5.74, 6) is 0.262. The summed E-state index contributed by atoms with van der Waals surface area (Å²) < 4.78 is 0. The third-order valence-corrected chi connectivity index (χ3v) is 3.95. The Morgan fingerprint density at radius 3 is 2.44 bits per heavy atom. The zero-order valence-corrected chi connectivity index (χ0v) is 11.2. The van der Waals surface area contributed by atoms with Crippen molar-refractivity contribution in [1.29, 1.82) is 0 Å². The van der Waals surface area contributed by atoms with Crippen LogP contribution in [0.25, 0.3) is 0 Å². The molecule has 0 aliphatic carbocycles. The molecule has 1 aliphatic rings. The van der Waals surface area contributed by atoms with Crippen LogP contribution in [0, 0.1) is 5.41 Å². The number of likely N-dealkylation sites (tertiary alicyclic amines) is 1. The first kappa shape index (κ1) is 13.5. The van der Waals surface area contributed by atoms with Crippen molar-refractivity contribution in [3.63, 3.8) is 0 Å². The molecule has 1 heterocycles. The normalized spacial score (nSPS) is 19.4. The van der Waals surface area contributed by atoms with Crippen LogP contribution < -0.4 is 5.32 Å². The molecule has 1 N–H and O–H groups in total. The summed E-state index contributed by atoms with van der Waals surface area (Å²) in [6.07, 6.45) is 3.54. The molecule has 0 radical (unpaired) electrons. The molecule has 1 saturated heterocycles. The summed E-state index contributed by atoms with van der Waals surface area (Å²) >= 11 is 0. The zero-order chi connectivity index (χ0) is 12.2. The predicted molar refractivity (Wildman–Crippen MR) is 67.4 cm³/mol. The highest BCUT2D eigenvalue weighted by Gasteiger charge is 2.36. The molecular weight excluding hydrogens is 200 g/mol. The lowest BCUT2D eigenvalue weighted by atomic mass is 9.82. The van der Waals surface area contributed by atoms with E-state index in [4.69, 9.17) is 0 Å². The molecule has 16 heavy (non-hydrogen) atoms. The molecular formula is C13H26N2O. The number of hydrogen-bond acceptors (Lipinski definition) is 2. The van der Waals surface area contributed by atoms with Gasteiger partial charge in [0.2, 0.25) is 5.91 Å². The van der Waals surface area contributed by atoms with Gasteiger partial charge in [0.15, 0.2) is 0 Å². The molecule has 0 aromatic carbocycles. The van der Waals surface area contributed by atoms with E-state index < -0.39 is 0 Å². The first-order valence-electron chi connectivity index (χ1n) is 6.54. The third-order valence-electron chi connectivity index (χ3n) is 3.95. The Balaban J connectivity index is 2.43. The van der Waals surface area contributed by atoms with E-state index in [0.29, 0.717) is 18.0 Å². The van der Waals surface area contributed by atoms with Crippen molar-refractivity contribution in [3.8, 4) is 0 Å². The number of carbonyl (C=O) groups is 1. The van der Waals surface area contributed by atoms with Gasteiger partial charge in [0, 0.05) is 19.1 Å². The molecule has 0 saturated carbocycles. The van der Waals surface area contributed by atoms with Crippen LogP contribution in [-0.4, -0.2) is 36.5 Å². The van der Waals surface area contributed by atoms with Gasteiger partial charge in [0.05, 0.1) is 6.54 Å². The minimum absolute atomic E-state index is 0.262. The van der Waals surface area contributed by atoms with Crippen LogP contribution in [0.15, 0.2) is 0 Å². The van der Waals surface area contributed by atoms with Crippen molar-refractivity contribution in [2.45, 2.75) is 53.0 Å². The van der Waals surface area contributed by atoms with Crippen LogP contribution in [-0.2, 0) is 4.79 Å². The van der Waals surface area contributed by atoms with Crippen LogP contribution in [0.2, 0.25) is 0 Å². The van der Waals surface area contributed by atoms with Crippen LogP contribution in [0.5, 0.6) is 0 Å². The molecule has 3 heteroatoms. The lowest BCUT2D eigenvalue weighted by Crippen LogP contribution is -2.40. The van der Waals surface area contributed by atoms with Gasteiger partial charge in [-0.1, -0.05) is 27.7 Å². The van der Waals surface area contributed by atoms with Gasteiger partial charge in [-0.05, 0) is 24.7 Å². The molecule has 0 aromatic rings. The summed E-state index contributed by atoms with van der Waals surface area (Å²) in [5.41, 5.74) is 0.396. The van der Waals surface area contributed by atoms with E-state index in [1.54, 1.807) is 0 Å². The molecule has 0 aromatic heterocycles. The topological polar surface area (TPSA) is 32.3 Å². The van der Waals surface area contributed by atoms with Crippen molar-refractivity contribution >= 4 is 5.91 Å².